The van der Waals surface area contributed by atoms with E-state index in [1.165, 1.54) is 0 Å². The molecule has 2 saturated heterocycles. The SMILES string of the molecule is CC1OC2(CCN(CCc3cncc(Cl)c3)CC2)CN(c2ccccc2)C1=O.Cl. The number of rotatable bonds is 4. The highest BCUT2D eigenvalue weighted by Crippen LogP contribution is 2.35. The van der Waals surface area contributed by atoms with Gasteiger partial charge >= 0.3 is 0 Å². The Morgan fingerprint density at radius 2 is 1.93 bits per heavy atom. The fourth-order valence-corrected chi connectivity index (χ4v) is 4.41. The van der Waals surface area contributed by atoms with E-state index in [-0.39, 0.29) is 23.9 Å². The topological polar surface area (TPSA) is 45.7 Å². The van der Waals surface area contributed by atoms with Gasteiger partial charge in [0.05, 0.1) is 17.2 Å². The third-order valence-electron chi connectivity index (χ3n) is 5.80. The predicted octanol–water partition coefficient (Wildman–Crippen LogP) is 3.99. The van der Waals surface area contributed by atoms with Gasteiger partial charge in [-0.25, -0.2) is 0 Å². The van der Waals surface area contributed by atoms with Crippen LogP contribution in [0.15, 0.2) is 48.8 Å². The standard InChI is InChI=1S/C22H26ClN3O2.ClH/c1-17-21(27)26(20-5-3-2-4-6-20)16-22(28-17)8-11-25(12-9-22)10-7-18-13-19(23)15-24-14-18;/h2-6,13-15,17H,7-12,16H2,1H3;1H. The number of para-hydroxylation sites is 1. The molecule has 0 radical (unpaired) electrons. The van der Waals surface area contributed by atoms with Gasteiger partial charge in [0.2, 0.25) is 0 Å². The number of nitrogens with zero attached hydrogens (tertiary/aromatic N) is 3. The van der Waals surface area contributed by atoms with Crippen molar-refractivity contribution in [3.8, 4) is 0 Å². The molecule has 2 aliphatic rings. The summed E-state index contributed by atoms with van der Waals surface area (Å²) in [4.78, 5) is 21.2. The largest absolute Gasteiger partial charge is 0.360 e. The average Bonchev–Trinajstić information content (AvgIpc) is 2.71. The predicted molar refractivity (Wildman–Crippen MR) is 118 cm³/mol. The van der Waals surface area contributed by atoms with Crippen LogP contribution >= 0.6 is 24.0 Å². The van der Waals surface area contributed by atoms with Gasteiger partial charge in [0.1, 0.15) is 6.10 Å². The van der Waals surface area contributed by atoms with E-state index in [2.05, 4.69) is 9.88 Å². The summed E-state index contributed by atoms with van der Waals surface area (Å²) in [7, 11) is 0. The van der Waals surface area contributed by atoms with Crippen molar-refractivity contribution in [1.29, 1.82) is 0 Å². The maximum atomic E-state index is 12.7. The molecule has 2 aliphatic heterocycles. The van der Waals surface area contributed by atoms with Gasteiger partial charge in [0, 0.05) is 37.7 Å². The van der Waals surface area contributed by atoms with Crippen molar-refractivity contribution in [3.63, 3.8) is 0 Å². The quantitative estimate of drug-likeness (QED) is 0.728. The summed E-state index contributed by atoms with van der Waals surface area (Å²) in [5, 5.41) is 0.686. The van der Waals surface area contributed by atoms with E-state index in [1.807, 2.05) is 54.4 Å². The highest BCUT2D eigenvalue weighted by Gasteiger charge is 2.45. The van der Waals surface area contributed by atoms with E-state index in [1.54, 1.807) is 6.20 Å². The Kier molecular flexibility index (Phi) is 7.17. The number of carbonyl (C=O) groups is 1. The zero-order chi connectivity index (χ0) is 19.6. The smallest absolute Gasteiger partial charge is 0.255 e. The number of hydrogen-bond acceptors (Lipinski definition) is 4. The van der Waals surface area contributed by atoms with Gasteiger partial charge in [-0.1, -0.05) is 29.8 Å². The van der Waals surface area contributed by atoms with Gasteiger partial charge in [-0.15, -0.1) is 12.4 Å². The van der Waals surface area contributed by atoms with E-state index in [4.69, 9.17) is 16.3 Å². The first-order valence-corrected chi connectivity index (χ1v) is 10.3. The molecule has 1 atom stereocenters. The van der Waals surface area contributed by atoms with Crippen LogP contribution in [0.3, 0.4) is 0 Å². The number of carbonyl (C=O) groups excluding carboxylic acids is 1. The maximum absolute atomic E-state index is 12.7. The molecular weight excluding hydrogens is 409 g/mol. The van der Waals surface area contributed by atoms with Crippen LogP contribution in [-0.2, 0) is 16.0 Å². The summed E-state index contributed by atoms with van der Waals surface area (Å²) in [6.07, 6.45) is 5.94. The molecule has 0 saturated carbocycles. The van der Waals surface area contributed by atoms with E-state index in [0.717, 1.165) is 50.1 Å². The number of amides is 1. The first-order chi connectivity index (χ1) is 13.5. The molecule has 1 amide bonds. The summed E-state index contributed by atoms with van der Waals surface area (Å²) in [6.45, 7) is 5.42. The molecule has 2 fully saturated rings. The Balaban J connectivity index is 0.00000240. The lowest BCUT2D eigenvalue weighted by atomic mass is 9.88. The Morgan fingerprint density at radius 3 is 2.62 bits per heavy atom. The molecular formula is C22H27Cl2N3O2. The number of ether oxygens (including phenoxy) is 1. The zero-order valence-electron chi connectivity index (χ0n) is 16.6. The number of anilines is 1. The number of aromatic nitrogens is 1. The summed E-state index contributed by atoms with van der Waals surface area (Å²) in [5.41, 5.74) is 1.87. The molecule has 1 unspecified atom stereocenters. The highest BCUT2D eigenvalue weighted by atomic mass is 35.5. The summed E-state index contributed by atoms with van der Waals surface area (Å²) < 4.78 is 6.26. The fourth-order valence-electron chi connectivity index (χ4n) is 4.21. The second kappa shape index (κ2) is 9.43. The van der Waals surface area contributed by atoms with Crippen LogP contribution in [0.1, 0.15) is 25.3 Å². The minimum Gasteiger partial charge on any atom is -0.360 e. The van der Waals surface area contributed by atoms with Crippen molar-refractivity contribution >= 4 is 35.6 Å². The fraction of sp³-hybridized carbons (Fsp3) is 0.455. The Bertz CT molecular complexity index is 826. The van der Waals surface area contributed by atoms with Crippen molar-refractivity contribution in [2.75, 3.05) is 31.1 Å². The summed E-state index contributed by atoms with van der Waals surface area (Å²) >= 11 is 6.03. The van der Waals surface area contributed by atoms with Crippen molar-refractivity contribution < 1.29 is 9.53 Å². The van der Waals surface area contributed by atoms with Crippen molar-refractivity contribution in [3.05, 3.63) is 59.4 Å². The second-order valence-corrected chi connectivity index (χ2v) is 8.24. The number of morpholine rings is 1. The average molecular weight is 436 g/mol. The molecule has 156 valence electrons. The third-order valence-corrected chi connectivity index (χ3v) is 6.01. The lowest BCUT2D eigenvalue weighted by molar-refractivity contribution is -0.161. The van der Waals surface area contributed by atoms with E-state index < -0.39 is 6.10 Å². The molecule has 3 heterocycles. The van der Waals surface area contributed by atoms with Crippen LogP contribution < -0.4 is 4.90 Å². The summed E-state index contributed by atoms with van der Waals surface area (Å²) in [5.74, 6) is 0.0488. The monoisotopic (exact) mass is 435 g/mol. The number of likely N-dealkylation sites (tertiary alicyclic amines) is 1. The zero-order valence-corrected chi connectivity index (χ0v) is 18.2. The maximum Gasteiger partial charge on any atom is 0.255 e. The minimum absolute atomic E-state index is 0. The number of halogens is 2. The van der Waals surface area contributed by atoms with Crippen molar-refractivity contribution in [2.45, 2.75) is 37.9 Å². The molecule has 0 bridgehead atoms. The number of piperidine rings is 1. The van der Waals surface area contributed by atoms with Crippen molar-refractivity contribution in [2.24, 2.45) is 0 Å². The number of pyridine rings is 1. The lowest BCUT2D eigenvalue weighted by Gasteiger charge is -2.49. The first kappa shape index (κ1) is 22.0. The molecule has 1 aromatic heterocycles. The molecule has 1 spiro atoms. The molecule has 29 heavy (non-hydrogen) atoms. The molecule has 5 nitrogen and oxygen atoms in total. The number of benzene rings is 1. The van der Waals surface area contributed by atoms with Crippen LogP contribution in [0.5, 0.6) is 0 Å². The van der Waals surface area contributed by atoms with E-state index in [0.29, 0.717) is 11.6 Å². The summed E-state index contributed by atoms with van der Waals surface area (Å²) in [6, 6.07) is 11.9. The van der Waals surface area contributed by atoms with Crippen LogP contribution in [0.25, 0.3) is 0 Å². The first-order valence-electron chi connectivity index (χ1n) is 9.91. The molecule has 2 aromatic rings. The molecule has 1 aromatic carbocycles. The normalized spacial score (nSPS) is 21.8. The van der Waals surface area contributed by atoms with E-state index >= 15 is 0 Å². The lowest BCUT2D eigenvalue weighted by Crippen LogP contribution is -2.61. The third kappa shape index (κ3) is 5.10. The Hall–Kier alpha value is -1.66. The molecule has 4 rings (SSSR count). The molecule has 7 heteroatoms. The van der Waals surface area contributed by atoms with Crippen LogP contribution in [0.4, 0.5) is 5.69 Å². The van der Waals surface area contributed by atoms with Crippen LogP contribution in [0.2, 0.25) is 5.02 Å². The van der Waals surface area contributed by atoms with Gasteiger partial charge in [0.15, 0.2) is 0 Å². The number of hydrogen-bond donors (Lipinski definition) is 0. The van der Waals surface area contributed by atoms with Gasteiger partial charge in [0.25, 0.3) is 5.91 Å². The van der Waals surface area contributed by atoms with Gasteiger partial charge in [-0.3, -0.25) is 9.78 Å². The Morgan fingerprint density at radius 1 is 1.21 bits per heavy atom. The minimum atomic E-state index is -0.405. The van der Waals surface area contributed by atoms with E-state index in [9.17, 15) is 4.79 Å². The van der Waals surface area contributed by atoms with Gasteiger partial charge in [-0.05, 0) is 49.9 Å². The van der Waals surface area contributed by atoms with Gasteiger partial charge < -0.3 is 14.5 Å². The Labute approximate surface area is 183 Å². The van der Waals surface area contributed by atoms with Gasteiger partial charge in [-0.2, -0.15) is 0 Å². The highest BCUT2D eigenvalue weighted by molar-refractivity contribution is 6.30. The van der Waals surface area contributed by atoms with Crippen LogP contribution in [-0.4, -0.2) is 53.7 Å². The molecule has 0 aliphatic carbocycles. The van der Waals surface area contributed by atoms with Crippen molar-refractivity contribution in [1.82, 2.24) is 9.88 Å². The second-order valence-electron chi connectivity index (χ2n) is 7.81. The van der Waals surface area contributed by atoms with Crippen LogP contribution in [0, 0.1) is 0 Å². The molecule has 0 N–H and O–H groups in total.